The molecule has 1 aliphatic heterocycles. The molecular weight excluding hydrogens is 316 g/mol. The smallest absolute Gasteiger partial charge is 0.279 e. The second-order valence-electron chi connectivity index (χ2n) is 5.77. The number of hydrogen-bond donors (Lipinski definition) is 1. The summed E-state index contributed by atoms with van der Waals surface area (Å²) in [5.74, 6) is -0.192. The van der Waals surface area contributed by atoms with Gasteiger partial charge in [0, 0.05) is 46.0 Å². The summed E-state index contributed by atoms with van der Waals surface area (Å²) < 4.78 is 27.1. The van der Waals surface area contributed by atoms with E-state index < -0.39 is 16.3 Å². The number of hydrogen-bond acceptors (Lipinski definition) is 4. The van der Waals surface area contributed by atoms with Crippen LogP contribution in [0.4, 0.5) is 5.69 Å². The fourth-order valence-corrected chi connectivity index (χ4v) is 3.24. The van der Waals surface area contributed by atoms with Crippen molar-refractivity contribution in [1.29, 1.82) is 0 Å². The summed E-state index contributed by atoms with van der Waals surface area (Å²) in [6.07, 6.45) is 0. The van der Waals surface area contributed by atoms with Crippen molar-refractivity contribution < 1.29 is 13.2 Å². The molecule has 1 saturated heterocycles. The minimum absolute atomic E-state index is 0.192. The highest BCUT2D eigenvalue weighted by Gasteiger charge is 2.28. The zero-order chi connectivity index (χ0) is 17.0. The number of amides is 1. The maximum Gasteiger partial charge on any atom is 0.279 e. The minimum atomic E-state index is -3.61. The van der Waals surface area contributed by atoms with Gasteiger partial charge in [-0.3, -0.25) is 4.79 Å². The molecule has 0 aromatic heterocycles. The molecule has 1 N–H and O–H groups in total. The van der Waals surface area contributed by atoms with Gasteiger partial charge in [-0.15, -0.1) is 0 Å². The molecule has 1 aromatic rings. The third-order valence-corrected chi connectivity index (χ3v) is 5.50. The molecule has 1 aromatic carbocycles. The van der Waals surface area contributed by atoms with E-state index in [4.69, 9.17) is 0 Å². The molecule has 0 saturated carbocycles. The van der Waals surface area contributed by atoms with Crippen LogP contribution in [0, 0.1) is 0 Å². The summed E-state index contributed by atoms with van der Waals surface area (Å²) in [6.45, 7) is 4.22. The average molecular weight is 340 g/mol. The van der Waals surface area contributed by atoms with Gasteiger partial charge in [-0.25, -0.2) is 0 Å². The highest BCUT2D eigenvalue weighted by molar-refractivity contribution is 7.87. The number of rotatable bonds is 5. The number of carbonyl (C=O) groups is 1. The molecule has 1 amide bonds. The molecule has 0 bridgehead atoms. The summed E-state index contributed by atoms with van der Waals surface area (Å²) in [7, 11) is -0.752. The van der Waals surface area contributed by atoms with E-state index in [1.807, 2.05) is 30.3 Å². The molecule has 7 nitrogen and oxygen atoms in total. The summed E-state index contributed by atoms with van der Waals surface area (Å²) in [5.41, 5.74) is 1.14. The lowest BCUT2D eigenvalue weighted by atomic mass is 10.2. The van der Waals surface area contributed by atoms with E-state index in [2.05, 4.69) is 9.62 Å². The van der Waals surface area contributed by atoms with E-state index in [0.717, 1.165) is 23.1 Å². The van der Waals surface area contributed by atoms with Crippen molar-refractivity contribution >= 4 is 21.8 Å². The van der Waals surface area contributed by atoms with E-state index in [9.17, 15) is 13.2 Å². The van der Waals surface area contributed by atoms with Crippen molar-refractivity contribution in [1.82, 2.24) is 13.9 Å². The summed E-state index contributed by atoms with van der Waals surface area (Å²) in [4.78, 5) is 16.3. The molecule has 1 aliphatic rings. The Morgan fingerprint density at radius 3 is 2.22 bits per heavy atom. The largest absolute Gasteiger partial charge is 0.368 e. The van der Waals surface area contributed by atoms with Crippen LogP contribution < -0.4 is 9.62 Å². The van der Waals surface area contributed by atoms with Crippen molar-refractivity contribution in [3.05, 3.63) is 30.3 Å². The van der Waals surface area contributed by atoms with Gasteiger partial charge in [0.05, 0.1) is 6.04 Å². The summed E-state index contributed by atoms with van der Waals surface area (Å²) in [6, 6.07) is 9.28. The molecule has 0 radical (unpaired) electrons. The molecule has 0 spiro atoms. The first-order valence-corrected chi connectivity index (χ1v) is 9.04. The van der Waals surface area contributed by atoms with E-state index >= 15 is 0 Å². The SMILES string of the molecule is C[C@H](NS(=O)(=O)N(C)C)C(=O)N1CCN(c2ccccc2)CC1. The molecule has 0 aliphatic carbocycles. The van der Waals surface area contributed by atoms with Crippen LogP contribution >= 0.6 is 0 Å². The number of carbonyl (C=O) groups excluding carboxylic acids is 1. The third kappa shape index (κ3) is 4.43. The van der Waals surface area contributed by atoms with E-state index in [-0.39, 0.29) is 5.91 Å². The molecule has 8 heteroatoms. The Labute approximate surface area is 138 Å². The Bertz CT molecular complexity index is 625. The monoisotopic (exact) mass is 340 g/mol. The van der Waals surface area contributed by atoms with Crippen molar-refractivity contribution in [2.45, 2.75) is 13.0 Å². The van der Waals surface area contributed by atoms with Gasteiger partial charge in [0.25, 0.3) is 10.2 Å². The second-order valence-corrected chi connectivity index (χ2v) is 7.69. The normalized spacial score (nSPS) is 17.4. The Morgan fingerprint density at radius 2 is 1.70 bits per heavy atom. The van der Waals surface area contributed by atoms with Crippen LogP contribution in [0.1, 0.15) is 6.92 Å². The molecule has 0 unspecified atom stereocenters. The number of para-hydroxylation sites is 1. The van der Waals surface area contributed by atoms with Gasteiger partial charge in [0.2, 0.25) is 5.91 Å². The number of benzene rings is 1. The van der Waals surface area contributed by atoms with Crippen LogP contribution in [0.25, 0.3) is 0 Å². The van der Waals surface area contributed by atoms with Crippen LogP contribution in [0.3, 0.4) is 0 Å². The Kier molecular flexibility index (Phi) is 5.61. The maximum atomic E-state index is 12.4. The fraction of sp³-hybridized carbons (Fsp3) is 0.533. The van der Waals surface area contributed by atoms with Gasteiger partial charge in [-0.2, -0.15) is 17.4 Å². The van der Waals surface area contributed by atoms with Crippen LogP contribution in [-0.2, 0) is 15.0 Å². The minimum Gasteiger partial charge on any atom is -0.368 e. The lowest BCUT2D eigenvalue weighted by Gasteiger charge is -2.37. The first-order valence-electron chi connectivity index (χ1n) is 7.60. The Morgan fingerprint density at radius 1 is 1.13 bits per heavy atom. The molecule has 2 rings (SSSR count). The highest BCUT2D eigenvalue weighted by atomic mass is 32.2. The molecule has 1 fully saturated rings. The molecular formula is C15H24N4O3S. The van der Waals surface area contributed by atoms with Gasteiger partial charge in [0.1, 0.15) is 0 Å². The van der Waals surface area contributed by atoms with E-state index in [1.54, 1.807) is 11.8 Å². The van der Waals surface area contributed by atoms with E-state index in [0.29, 0.717) is 13.1 Å². The van der Waals surface area contributed by atoms with Crippen LogP contribution in [0.5, 0.6) is 0 Å². The fourth-order valence-electron chi connectivity index (χ4n) is 2.48. The Hall–Kier alpha value is -1.64. The van der Waals surface area contributed by atoms with Crippen LogP contribution in [0.2, 0.25) is 0 Å². The van der Waals surface area contributed by atoms with Crippen molar-refractivity contribution in [3.8, 4) is 0 Å². The summed E-state index contributed by atoms with van der Waals surface area (Å²) in [5, 5.41) is 0. The highest BCUT2D eigenvalue weighted by Crippen LogP contribution is 2.16. The van der Waals surface area contributed by atoms with Gasteiger partial charge in [-0.05, 0) is 19.1 Å². The van der Waals surface area contributed by atoms with Crippen molar-refractivity contribution in [2.75, 3.05) is 45.2 Å². The van der Waals surface area contributed by atoms with E-state index in [1.165, 1.54) is 14.1 Å². The molecule has 128 valence electrons. The standard InChI is InChI=1S/C15H24N4O3S/c1-13(16-23(21,22)17(2)3)15(20)19-11-9-18(10-12-19)14-7-5-4-6-8-14/h4-8,13,16H,9-12H2,1-3H3/t13-/m0/s1. The average Bonchev–Trinajstić information content (AvgIpc) is 2.54. The maximum absolute atomic E-state index is 12.4. The molecule has 1 heterocycles. The molecule has 23 heavy (non-hydrogen) atoms. The van der Waals surface area contributed by atoms with Crippen LogP contribution in [-0.4, -0.2) is 69.8 Å². The Balaban J connectivity index is 1.91. The number of nitrogens with one attached hydrogen (secondary N) is 1. The first-order chi connectivity index (χ1) is 10.8. The predicted molar refractivity (Wildman–Crippen MR) is 90.4 cm³/mol. The lowest BCUT2D eigenvalue weighted by molar-refractivity contribution is -0.132. The van der Waals surface area contributed by atoms with Gasteiger partial charge in [0.15, 0.2) is 0 Å². The summed E-state index contributed by atoms with van der Waals surface area (Å²) >= 11 is 0. The first kappa shape index (κ1) is 17.7. The quantitative estimate of drug-likeness (QED) is 0.826. The number of anilines is 1. The van der Waals surface area contributed by atoms with Crippen molar-refractivity contribution in [2.24, 2.45) is 0 Å². The topological polar surface area (TPSA) is 73.0 Å². The number of piperazine rings is 1. The second kappa shape index (κ2) is 7.29. The predicted octanol–water partition coefficient (Wildman–Crippen LogP) is 0.120. The van der Waals surface area contributed by atoms with Crippen LogP contribution in [0.15, 0.2) is 30.3 Å². The van der Waals surface area contributed by atoms with Gasteiger partial charge < -0.3 is 9.80 Å². The molecule has 1 atom stereocenters. The zero-order valence-electron chi connectivity index (χ0n) is 13.8. The zero-order valence-corrected chi connectivity index (χ0v) is 14.6. The lowest BCUT2D eigenvalue weighted by Crippen LogP contribution is -2.55. The van der Waals surface area contributed by atoms with Gasteiger partial charge >= 0.3 is 0 Å². The van der Waals surface area contributed by atoms with Crippen molar-refractivity contribution in [3.63, 3.8) is 0 Å². The number of nitrogens with zero attached hydrogens (tertiary/aromatic N) is 3. The van der Waals surface area contributed by atoms with Gasteiger partial charge in [-0.1, -0.05) is 18.2 Å². The third-order valence-electron chi connectivity index (χ3n) is 3.89.